The maximum atomic E-state index is 11.4. The molecule has 1 aromatic carbocycles. The molecule has 0 radical (unpaired) electrons. The first-order valence-electron chi connectivity index (χ1n) is 6.62. The van der Waals surface area contributed by atoms with Crippen LogP contribution < -0.4 is 5.32 Å². The van der Waals surface area contributed by atoms with Crippen molar-refractivity contribution in [1.82, 2.24) is 15.5 Å². The minimum absolute atomic E-state index is 0. The topological polar surface area (TPSA) is 86.5 Å². The molecule has 8 heteroatoms. The number of benzene rings is 1. The lowest BCUT2D eigenvalue weighted by molar-refractivity contribution is 0.00755. The molecule has 0 spiro atoms. The van der Waals surface area contributed by atoms with Crippen molar-refractivity contribution in [2.75, 3.05) is 26.8 Å². The van der Waals surface area contributed by atoms with Gasteiger partial charge in [0.05, 0.1) is 19.3 Å². The number of rotatable bonds is 3. The Labute approximate surface area is 133 Å². The van der Waals surface area contributed by atoms with Gasteiger partial charge in [-0.3, -0.25) is 0 Å². The van der Waals surface area contributed by atoms with E-state index in [1.807, 2.05) is 0 Å². The summed E-state index contributed by atoms with van der Waals surface area (Å²) in [6.45, 7) is 2.10. The molecule has 1 fully saturated rings. The number of aromatic nitrogens is 2. The van der Waals surface area contributed by atoms with Crippen molar-refractivity contribution in [2.24, 2.45) is 0 Å². The summed E-state index contributed by atoms with van der Waals surface area (Å²) < 4.78 is 15.5. The fourth-order valence-corrected chi connectivity index (χ4v) is 2.08. The van der Waals surface area contributed by atoms with Crippen molar-refractivity contribution in [3.05, 3.63) is 35.7 Å². The number of esters is 1. The van der Waals surface area contributed by atoms with Gasteiger partial charge in [-0.25, -0.2) is 4.79 Å². The van der Waals surface area contributed by atoms with Gasteiger partial charge < -0.3 is 19.3 Å². The Balaban J connectivity index is 0.00000176. The van der Waals surface area contributed by atoms with E-state index in [-0.39, 0.29) is 24.5 Å². The Kier molecular flexibility index (Phi) is 5.48. The monoisotopic (exact) mass is 325 g/mol. The Hall–Kier alpha value is -1.96. The van der Waals surface area contributed by atoms with Gasteiger partial charge in [0.2, 0.25) is 5.82 Å². The van der Waals surface area contributed by atoms with E-state index in [0.717, 1.165) is 12.1 Å². The summed E-state index contributed by atoms with van der Waals surface area (Å²) >= 11 is 0. The molecular formula is C14H16ClN3O4. The molecule has 0 amide bonds. The molecule has 1 saturated heterocycles. The standard InChI is InChI=1S/C14H15N3O4.ClH/c1-19-14(18)10-4-2-9(3-5-10)12-16-13(21-17-12)11-8-15-6-7-20-11;/h2-5,11,15H,6-8H2,1H3;1H/t11-;/m0./s1. The van der Waals surface area contributed by atoms with Crippen LogP contribution in [0.5, 0.6) is 0 Å². The van der Waals surface area contributed by atoms with Crippen molar-refractivity contribution in [2.45, 2.75) is 6.10 Å². The molecule has 1 aromatic heterocycles. The molecule has 3 rings (SSSR count). The Morgan fingerprint density at radius 2 is 2.14 bits per heavy atom. The second kappa shape index (κ2) is 7.35. The third-order valence-electron chi connectivity index (χ3n) is 3.21. The highest BCUT2D eigenvalue weighted by molar-refractivity contribution is 5.89. The molecule has 2 heterocycles. The number of halogens is 1. The first-order valence-corrected chi connectivity index (χ1v) is 6.62. The van der Waals surface area contributed by atoms with Crippen LogP contribution in [0.3, 0.4) is 0 Å². The number of methoxy groups -OCH3 is 1. The van der Waals surface area contributed by atoms with Crippen LogP contribution in [0.15, 0.2) is 28.8 Å². The molecular weight excluding hydrogens is 310 g/mol. The van der Waals surface area contributed by atoms with Gasteiger partial charge in [-0.1, -0.05) is 17.3 Å². The van der Waals surface area contributed by atoms with Gasteiger partial charge in [0.15, 0.2) is 0 Å². The van der Waals surface area contributed by atoms with E-state index in [4.69, 9.17) is 9.26 Å². The van der Waals surface area contributed by atoms with E-state index in [9.17, 15) is 4.79 Å². The van der Waals surface area contributed by atoms with Gasteiger partial charge in [0.1, 0.15) is 6.10 Å². The summed E-state index contributed by atoms with van der Waals surface area (Å²) in [5.74, 6) is 0.543. The van der Waals surface area contributed by atoms with Crippen LogP contribution in [-0.4, -0.2) is 42.9 Å². The van der Waals surface area contributed by atoms with Gasteiger partial charge in [0.25, 0.3) is 5.89 Å². The lowest BCUT2D eigenvalue weighted by Gasteiger charge is -2.19. The summed E-state index contributed by atoms with van der Waals surface area (Å²) in [6.07, 6.45) is -0.214. The van der Waals surface area contributed by atoms with E-state index in [1.165, 1.54) is 7.11 Å². The third kappa shape index (κ3) is 3.44. The van der Waals surface area contributed by atoms with Gasteiger partial charge in [-0.2, -0.15) is 4.98 Å². The van der Waals surface area contributed by atoms with Gasteiger partial charge >= 0.3 is 5.97 Å². The van der Waals surface area contributed by atoms with Crippen LogP contribution in [0.25, 0.3) is 11.4 Å². The number of carbonyl (C=O) groups excluding carboxylic acids is 1. The molecule has 1 atom stereocenters. The second-order valence-electron chi connectivity index (χ2n) is 4.59. The lowest BCUT2D eigenvalue weighted by Crippen LogP contribution is -2.33. The van der Waals surface area contributed by atoms with Gasteiger partial charge in [-0.05, 0) is 12.1 Å². The molecule has 1 aliphatic heterocycles. The molecule has 0 saturated carbocycles. The van der Waals surface area contributed by atoms with Crippen LogP contribution in [-0.2, 0) is 9.47 Å². The molecule has 1 aliphatic rings. The highest BCUT2D eigenvalue weighted by atomic mass is 35.5. The summed E-state index contributed by atoms with van der Waals surface area (Å²) in [5.41, 5.74) is 1.24. The fourth-order valence-electron chi connectivity index (χ4n) is 2.08. The fraction of sp³-hybridized carbons (Fsp3) is 0.357. The van der Waals surface area contributed by atoms with Crippen LogP contribution in [0.1, 0.15) is 22.4 Å². The van der Waals surface area contributed by atoms with Crippen LogP contribution >= 0.6 is 12.4 Å². The minimum atomic E-state index is -0.378. The Morgan fingerprint density at radius 1 is 1.36 bits per heavy atom. The number of hydrogen-bond acceptors (Lipinski definition) is 7. The zero-order chi connectivity index (χ0) is 14.7. The number of nitrogens with zero attached hydrogens (tertiary/aromatic N) is 2. The number of ether oxygens (including phenoxy) is 2. The molecule has 2 aromatic rings. The van der Waals surface area contributed by atoms with Crippen molar-refractivity contribution in [3.63, 3.8) is 0 Å². The lowest BCUT2D eigenvalue weighted by atomic mass is 10.1. The van der Waals surface area contributed by atoms with E-state index < -0.39 is 0 Å². The smallest absolute Gasteiger partial charge is 0.337 e. The van der Waals surface area contributed by atoms with E-state index >= 15 is 0 Å². The first kappa shape index (κ1) is 16.4. The van der Waals surface area contributed by atoms with Crippen LogP contribution in [0.2, 0.25) is 0 Å². The average Bonchev–Trinajstić information content (AvgIpc) is 3.05. The summed E-state index contributed by atoms with van der Waals surface area (Å²) in [4.78, 5) is 15.7. The predicted molar refractivity (Wildman–Crippen MR) is 79.9 cm³/mol. The maximum Gasteiger partial charge on any atom is 0.337 e. The summed E-state index contributed by atoms with van der Waals surface area (Å²) in [5, 5.41) is 7.15. The Bertz CT molecular complexity index is 623. The predicted octanol–water partition coefficient (Wildman–Crippen LogP) is 1.61. The number of carbonyl (C=O) groups is 1. The molecule has 0 aliphatic carbocycles. The van der Waals surface area contributed by atoms with Gasteiger partial charge in [0, 0.05) is 18.7 Å². The minimum Gasteiger partial charge on any atom is -0.465 e. The average molecular weight is 326 g/mol. The zero-order valence-corrected chi connectivity index (χ0v) is 12.8. The third-order valence-corrected chi connectivity index (χ3v) is 3.21. The molecule has 7 nitrogen and oxygen atoms in total. The summed E-state index contributed by atoms with van der Waals surface area (Å²) in [6, 6.07) is 6.83. The number of morpholine rings is 1. The second-order valence-corrected chi connectivity index (χ2v) is 4.59. The van der Waals surface area contributed by atoms with Crippen molar-refractivity contribution < 1.29 is 18.8 Å². The number of nitrogens with one attached hydrogen (secondary N) is 1. The summed E-state index contributed by atoms with van der Waals surface area (Å²) in [7, 11) is 1.35. The molecule has 1 N–H and O–H groups in total. The highest BCUT2D eigenvalue weighted by Gasteiger charge is 2.22. The normalized spacial score (nSPS) is 17.6. The van der Waals surface area contributed by atoms with E-state index in [1.54, 1.807) is 24.3 Å². The van der Waals surface area contributed by atoms with E-state index in [0.29, 0.717) is 30.4 Å². The Morgan fingerprint density at radius 3 is 2.77 bits per heavy atom. The first-order chi connectivity index (χ1) is 10.3. The van der Waals surface area contributed by atoms with Crippen LogP contribution in [0.4, 0.5) is 0 Å². The van der Waals surface area contributed by atoms with Crippen molar-refractivity contribution >= 4 is 18.4 Å². The zero-order valence-electron chi connectivity index (χ0n) is 11.9. The van der Waals surface area contributed by atoms with Gasteiger partial charge in [-0.15, -0.1) is 12.4 Å². The SMILES string of the molecule is COC(=O)c1ccc(-c2noc([C@@H]3CNCCO3)n2)cc1.Cl. The largest absolute Gasteiger partial charge is 0.465 e. The molecule has 0 unspecified atom stereocenters. The molecule has 22 heavy (non-hydrogen) atoms. The number of hydrogen-bond donors (Lipinski definition) is 1. The maximum absolute atomic E-state index is 11.4. The quantitative estimate of drug-likeness (QED) is 0.858. The molecule has 118 valence electrons. The molecule has 0 bridgehead atoms. The highest BCUT2D eigenvalue weighted by Crippen LogP contribution is 2.22. The van der Waals surface area contributed by atoms with E-state index in [2.05, 4.69) is 20.2 Å². The van der Waals surface area contributed by atoms with Crippen molar-refractivity contribution in [1.29, 1.82) is 0 Å². The van der Waals surface area contributed by atoms with Crippen LogP contribution in [0, 0.1) is 0 Å². The van der Waals surface area contributed by atoms with Crippen molar-refractivity contribution in [3.8, 4) is 11.4 Å².